The van der Waals surface area contributed by atoms with Crippen molar-refractivity contribution in [2.75, 3.05) is 26.9 Å². The molecule has 5 heteroatoms. The van der Waals surface area contributed by atoms with Crippen LogP contribution in [-0.2, 0) is 16.0 Å². The normalized spacial score (nSPS) is 11.9. The first kappa shape index (κ1) is 27.3. The molecule has 1 aromatic carbocycles. The molecular formula is C26H45NO4. The highest BCUT2D eigenvalue weighted by Gasteiger charge is 2.42. The third-order valence-corrected chi connectivity index (χ3v) is 6.45. The Balaban J connectivity index is 2.48. The van der Waals surface area contributed by atoms with E-state index in [0.717, 1.165) is 63.1 Å². The summed E-state index contributed by atoms with van der Waals surface area (Å²) in [6.45, 7) is 12.5. The molecule has 0 saturated heterocycles. The monoisotopic (exact) mass is 435 g/mol. The minimum Gasteiger partial charge on any atom is -0.493 e. The molecule has 0 aromatic heterocycles. The van der Waals surface area contributed by atoms with Gasteiger partial charge in [0, 0.05) is 19.6 Å². The Bertz CT molecular complexity index is 634. The number of methoxy groups -OCH3 is 1. The number of ether oxygens (including phenoxy) is 3. The van der Waals surface area contributed by atoms with Gasteiger partial charge in [-0.25, -0.2) is 0 Å². The Morgan fingerprint density at radius 3 is 2.23 bits per heavy atom. The van der Waals surface area contributed by atoms with Crippen LogP contribution in [0.1, 0.15) is 78.7 Å². The van der Waals surface area contributed by atoms with Gasteiger partial charge in [0.2, 0.25) is 5.91 Å². The highest BCUT2D eigenvalue weighted by Crippen LogP contribution is 2.40. The van der Waals surface area contributed by atoms with Gasteiger partial charge in [-0.3, -0.25) is 4.79 Å². The maximum absolute atomic E-state index is 12.2. The summed E-state index contributed by atoms with van der Waals surface area (Å²) < 4.78 is 16.7. The number of carbonyl (C=O) groups is 1. The van der Waals surface area contributed by atoms with Crippen LogP contribution in [0.5, 0.6) is 11.5 Å². The van der Waals surface area contributed by atoms with E-state index in [1.165, 1.54) is 5.56 Å². The first-order chi connectivity index (χ1) is 14.8. The predicted octanol–water partition coefficient (Wildman–Crippen LogP) is 5.78. The lowest BCUT2D eigenvalue weighted by molar-refractivity contribution is -0.134. The molecule has 178 valence electrons. The van der Waals surface area contributed by atoms with Crippen LogP contribution in [0.15, 0.2) is 18.2 Å². The molecule has 0 spiro atoms. The molecule has 1 rings (SSSR count). The molecule has 0 radical (unpaired) electrons. The number of rotatable bonds is 17. The Hall–Kier alpha value is -1.75. The van der Waals surface area contributed by atoms with Crippen molar-refractivity contribution in [2.24, 2.45) is 23.0 Å². The van der Waals surface area contributed by atoms with Crippen LogP contribution in [0, 0.1) is 17.3 Å². The van der Waals surface area contributed by atoms with E-state index >= 15 is 0 Å². The summed E-state index contributed by atoms with van der Waals surface area (Å²) in [5, 5.41) is 0. The zero-order valence-corrected chi connectivity index (χ0v) is 20.7. The smallest absolute Gasteiger partial charge is 0.224 e. The summed E-state index contributed by atoms with van der Waals surface area (Å²) in [6.07, 6.45) is 7.15. The molecule has 1 aromatic rings. The van der Waals surface area contributed by atoms with E-state index in [4.69, 9.17) is 19.9 Å². The molecule has 2 N–H and O–H groups in total. The van der Waals surface area contributed by atoms with Crippen LogP contribution in [0.25, 0.3) is 0 Å². The van der Waals surface area contributed by atoms with Crippen molar-refractivity contribution in [2.45, 2.75) is 79.6 Å². The fourth-order valence-electron chi connectivity index (χ4n) is 4.51. The molecule has 0 aliphatic carbocycles. The fourth-order valence-corrected chi connectivity index (χ4v) is 4.51. The summed E-state index contributed by atoms with van der Waals surface area (Å²) in [7, 11) is 1.67. The van der Waals surface area contributed by atoms with Gasteiger partial charge in [-0.15, -0.1) is 0 Å². The summed E-state index contributed by atoms with van der Waals surface area (Å²) in [5.41, 5.74) is 6.68. The molecular weight excluding hydrogens is 390 g/mol. The van der Waals surface area contributed by atoms with E-state index in [1.54, 1.807) is 7.11 Å². The summed E-state index contributed by atoms with van der Waals surface area (Å²) >= 11 is 0. The molecule has 5 nitrogen and oxygen atoms in total. The number of carbonyl (C=O) groups excluding carboxylic acids is 1. The van der Waals surface area contributed by atoms with Gasteiger partial charge < -0.3 is 19.9 Å². The third-order valence-electron chi connectivity index (χ3n) is 6.45. The first-order valence-corrected chi connectivity index (χ1v) is 12.0. The van der Waals surface area contributed by atoms with E-state index < -0.39 is 5.41 Å². The number of nitrogens with two attached hydrogens (primary N) is 1. The van der Waals surface area contributed by atoms with E-state index in [2.05, 4.69) is 39.8 Å². The zero-order valence-electron chi connectivity index (χ0n) is 20.7. The topological polar surface area (TPSA) is 70.8 Å². The van der Waals surface area contributed by atoms with Gasteiger partial charge >= 0.3 is 0 Å². The molecule has 0 unspecified atom stereocenters. The highest BCUT2D eigenvalue weighted by molar-refractivity contribution is 5.81. The summed E-state index contributed by atoms with van der Waals surface area (Å²) in [6, 6.07) is 6.19. The zero-order chi connectivity index (χ0) is 23.3. The number of amides is 1. The second-order valence-corrected chi connectivity index (χ2v) is 9.01. The van der Waals surface area contributed by atoms with Crippen molar-refractivity contribution in [3.63, 3.8) is 0 Å². The Morgan fingerprint density at radius 1 is 0.968 bits per heavy atom. The Kier molecular flexibility index (Phi) is 12.6. The number of hydrogen-bond acceptors (Lipinski definition) is 4. The van der Waals surface area contributed by atoms with Gasteiger partial charge in [0.05, 0.1) is 19.1 Å². The average molecular weight is 436 g/mol. The number of aryl methyl sites for hydroxylation is 1. The average Bonchev–Trinajstić information content (AvgIpc) is 2.72. The maximum atomic E-state index is 12.2. The van der Waals surface area contributed by atoms with Crippen molar-refractivity contribution in [3.05, 3.63) is 23.8 Å². The second-order valence-electron chi connectivity index (χ2n) is 9.01. The van der Waals surface area contributed by atoms with Crippen LogP contribution in [0.4, 0.5) is 0 Å². The quantitative estimate of drug-likeness (QED) is 0.315. The molecule has 0 bridgehead atoms. The maximum Gasteiger partial charge on any atom is 0.224 e. The van der Waals surface area contributed by atoms with Crippen molar-refractivity contribution in [1.82, 2.24) is 0 Å². The van der Waals surface area contributed by atoms with Crippen LogP contribution < -0.4 is 15.2 Å². The predicted molar refractivity (Wildman–Crippen MR) is 128 cm³/mol. The lowest BCUT2D eigenvalue weighted by Crippen LogP contribution is -2.45. The molecule has 0 atom stereocenters. The lowest BCUT2D eigenvalue weighted by atomic mass is 9.65. The van der Waals surface area contributed by atoms with Crippen LogP contribution in [0.3, 0.4) is 0 Å². The van der Waals surface area contributed by atoms with E-state index in [1.807, 2.05) is 13.0 Å². The van der Waals surface area contributed by atoms with Gasteiger partial charge in [-0.05, 0) is 55.7 Å². The van der Waals surface area contributed by atoms with Crippen molar-refractivity contribution >= 4 is 5.91 Å². The SMILES string of the molecule is CCOCCCOc1cc(CCCCCCC(C(N)=O)(C(C)C)C(C)C)ccc1OC. The van der Waals surface area contributed by atoms with Crippen LogP contribution in [-0.4, -0.2) is 32.8 Å². The highest BCUT2D eigenvalue weighted by atomic mass is 16.5. The minimum absolute atomic E-state index is 0.149. The lowest BCUT2D eigenvalue weighted by Gasteiger charge is -2.38. The van der Waals surface area contributed by atoms with Crippen molar-refractivity contribution in [1.29, 1.82) is 0 Å². The van der Waals surface area contributed by atoms with Crippen molar-refractivity contribution < 1.29 is 19.0 Å². The molecule has 0 aliphatic heterocycles. The van der Waals surface area contributed by atoms with Gasteiger partial charge in [0.25, 0.3) is 0 Å². The van der Waals surface area contributed by atoms with E-state index in [-0.39, 0.29) is 17.7 Å². The van der Waals surface area contributed by atoms with E-state index in [9.17, 15) is 4.79 Å². The summed E-state index contributed by atoms with van der Waals surface area (Å²) in [4.78, 5) is 12.2. The van der Waals surface area contributed by atoms with Crippen LogP contribution >= 0.6 is 0 Å². The number of unbranched alkanes of at least 4 members (excludes halogenated alkanes) is 3. The minimum atomic E-state index is -0.398. The largest absolute Gasteiger partial charge is 0.493 e. The fraction of sp³-hybridized carbons (Fsp3) is 0.731. The molecule has 0 saturated carbocycles. The van der Waals surface area contributed by atoms with E-state index in [0.29, 0.717) is 13.2 Å². The number of benzene rings is 1. The standard InChI is InChI=1S/C26H45NO4/c1-7-30-17-12-18-31-24-19-22(14-15-23(24)29-6)13-10-8-9-11-16-26(20(2)3,21(4)5)25(27)28/h14-15,19-21H,7-13,16-18H2,1-6H3,(H2,27,28). The summed E-state index contributed by atoms with van der Waals surface area (Å²) in [5.74, 6) is 1.94. The third kappa shape index (κ3) is 8.36. The van der Waals surface area contributed by atoms with Gasteiger partial charge in [0.1, 0.15) is 0 Å². The second kappa shape index (κ2) is 14.3. The van der Waals surface area contributed by atoms with Gasteiger partial charge in [-0.2, -0.15) is 0 Å². The molecule has 1 amide bonds. The molecule has 0 fully saturated rings. The van der Waals surface area contributed by atoms with Crippen LogP contribution in [0.2, 0.25) is 0 Å². The Labute approximate surface area is 190 Å². The number of hydrogen-bond donors (Lipinski definition) is 1. The number of primary amides is 1. The molecule has 0 aliphatic rings. The van der Waals surface area contributed by atoms with Gasteiger partial charge in [-0.1, -0.05) is 53.0 Å². The molecule has 0 heterocycles. The molecule has 31 heavy (non-hydrogen) atoms. The van der Waals surface area contributed by atoms with Crippen molar-refractivity contribution in [3.8, 4) is 11.5 Å². The first-order valence-electron chi connectivity index (χ1n) is 12.0. The Morgan fingerprint density at radius 2 is 1.65 bits per heavy atom. The van der Waals surface area contributed by atoms with Gasteiger partial charge in [0.15, 0.2) is 11.5 Å².